The topological polar surface area (TPSA) is 41.9 Å². The first-order valence-corrected chi connectivity index (χ1v) is 7.99. The van der Waals surface area contributed by atoms with Gasteiger partial charge in [-0.1, -0.05) is 6.07 Å². The Hall–Kier alpha value is -1.88. The number of nitrogens with zero attached hydrogens (tertiary/aromatic N) is 2. The van der Waals surface area contributed by atoms with Gasteiger partial charge < -0.3 is 10.6 Å². The predicted molar refractivity (Wildman–Crippen MR) is 96.5 cm³/mol. The van der Waals surface area contributed by atoms with Gasteiger partial charge in [-0.25, -0.2) is 0 Å². The lowest BCUT2D eigenvalue weighted by atomic mass is 10.1. The highest BCUT2D eigenvalue weighted by Crippen LogP contribution is 2.13. The van der Waals surface area contributed by atoms with E-state index in [0.717, 1.165) is 30.9 Å². The van der Waals surface area contributed by atoms with Crippen LogP contribution in [0.5, 0.6) is 0 Å². The Balaban J connectivity index is 1.73. The molecule has 0 saturated heterocycles. The summed E-state index contributed by atoms with van der Waals surface area (Å²) in [5, 5.41) is 11.6. The maximum Gasteiger partial charge on any atom is 0.170 e. The van der Waals surface area contributed by atoms with Crippen LogP contribution >= 0.6 is 12.2 Å². The smallest absolute Gasteiger partial charge is 0.170 e. The normalized spacial score (nSPS) is 10.5. The van der Waals surface area contributed by atoms with E-state index in [-0.39, 0.29) is 0 Å². The summed E-state index contributed by atoms with van der Waals surface area (Å²) in [4.78, 5) is 0. The third-order valence-corrected chi connectivity index (χ3v) is 3.95. The summed E-state index contributed by atoms with van der Waals surface area (Å²) in [5.74, 6) is 0. The quantitative estimate of drug-likeness (QED) is 0.654. The minimum Gasteiger partial charge on any atom is -0.362 e. The molecular weight excluding hydrogens is 292 g/mol. The lowest BCUT2D eigenvalue weighted by Crippen LogP contribution is -2.29. The number of aryl methyl sites for hydroxylation is 5. The number of rotatable bonds is 5. The predicted octanol–water partition coefficient (Wildman–Crippen LogP) is 3.49. The molecular formula is C17H24N4S. The maximum atomic E-state index is 5.33. The Morgan fingerprint density at radius 2 is 1.91 bits per heavy atom. The van der Waals surface area contributed by atoms with Crippen molar-refractivity contribution in [3.05, 3.63) is 46.8 Å². The first kappa shape index (κ1) is 16.5. The Kier molecular flexibility index (Phi) is 5.55. The summed E-state index contributed by atoms with van der Waals surface area (Å²) in [6.45, 7) is 10.0. The maximum absolute atomic E-state index is 5.33. The highest BCUT2D eigenvalue weighted by atomic mass is 32.1. The molecule has 22 heavy (non-hydrogen) atoms. The van der Waals surface area contributed by atoms with Crippen LogP contribution in [0.2, 0.25) is 0 Å². The molecule has 0 spiro atoms. The zero-order chi connectivity index (χ0) is 16.1. The summed E-state index contributed by atoms with van der Waals surface area (Å²) in [5.41, 5.74) is 5.84. The van der Waals surface area contributed by atoms with E-state index in [4.69, 9.17) is 12.2 Å². The van der Waals surface area contributed by atoms with Crippen molar-refractivity contribution < 1.29 is 0 Å². The lowest BCUT2D eigenvalue weighted by molar-refractivity contribution is 0.558. The fourth-order valence-corrected chi connectivity index (χ4v) is 2.55. The zero-order valence-electron chi connectivity index (χ0n) is 13.7. The SMILES string of the molecule is Cc1cc(C)n(CCCNC(=S)Nc2ccc(C)c(C)c2)n1. The molecule has 2 N–H and O–H groups in total. The van der Waals surface area contributed by atoms with E-state index in [2.05, 4.69) is 54.7 Å². The minimum absolute atomic E-state index is 0.664. The van der Waals surface area contributed by atoms with Crippen molar-refractivity contribution in [2.24, 2.45) is 0 Å². The van der Waals surface area contributed by atoms with Gasteiger partial charge in [-0.15, -0.1) is 0 Å². The molecule has 0 radical (unpaired) electrons. The van der Waals surface area contributed by atoms with Crippen molar-refractivity contribution in [1.29, 1.82) is 0 Å². The number of anilines is 1. The first-order valence-electron chi connectivity index (χ1n) is 7.59. The average Bonchev–Trinajstić information content (AvgIpc) is 2.77. The van der Waals surface area contributed by atoms with Crippen LogP contribution in [0, 0.1) is 27.7 Å². The van der Waals surface area contributed by atoms with Crippen molar-refractivity contribution in [2.45, 2.75) is 40.7 Å². The number of benzene rings is 1. The second-order valence-electron chi connectivity index (χ2n) is 5.68. The van der Waals surface area contributed by atoms with E-state index in [9.17, 15) is 0 Å². The molecule has 4 nitrogen and oxygen atoms in total. The molecule has 1 aromatic carbocycles. The summed E-state index contributed by atoms with van der Waals surface area (Å²) in [7, 11) is 0. The summed E-state index contributed by atoms with van der Waals surface area (Å²) >= 11 is 5.33. The standard InChI is InChI=1S/C17H24N4S/c1-12-6-7-16(10-13(12)2)19-17(22)18-8-5-9-21-15(4)11-14(3)20-21/h6-7,10-11H,5,8-9H2,1-4H3,(H2,18,19,22). The Morgan fingerprint density at radius 3 is 2.55 bits per heavy atom. The second-order valence-corrected chi connectivity index (χ2v) is 6.09. The average molecular weight is 316 g/mol. The molecule has 0 fully saturated rings. The number of hydrogen-bond donors (Lipinski definition) is 2. The van der Waals surface area contributed by atoms with Gasteiger partial charge in [-0.2, -0.15) is 5.10 Å². The Labute approximate surface area is 137 Å². The third kappa shape index (κ3) is 4.56. The van der Waals surface area contributed by atoms with Crippen LogP contribution in [0.4, 0.5) is 5.69 Å². The van der Waals surface area contributed by atoms with Crippen LogP contribution in [0.15, 0.2) is 24.3 Å². The molecule has 0 aliphatic rings. The second kappa shape index (κ2) is 7.40. The molecule has 0 saturated carbocycles. The van der Waals surface area contributed by atoms with Crippen LogP contribution < -0.4 is 10.6 Å². The number of nitrogens with one attached hydrogen (secondary N) is 2. The summed E-state index contributed by atoms with van der Waals surface area (Å²) in [6.07, 6.45) is 0.983. The van der Waals surface area contributed by atoms with E-state index >= 15 is 0 Å². The largest absolute Gasteiger partial charge is 0.362 e. The van der Waals surface area contributed by atoms with E-state index < -0.39 is 0 Å². The monoisotopic (exact) mass is 316 g/mol. The fraction of sp³-hybridized carbons (Fsp3) is 0.412. The number of aromatic nitrogens is 2. The molecule has 2 rings (SSSR count). The summed E-state index contributed by atoms with van der Waals surface area (Å²) < 4.78 is 2.04. The van der Waals surface area contributed by atoms with E-state index in [1.807, 2.05) is 17.7 Å². The summed E-state index contributed by atoms with van der Waals surface area (Å²) in [6, 6.07) is 8.35. The van der Waals surface area contributed by atoms with Gasteiger partial charge in [0.1, 0.15) is 0 Å². The van der Waals surface area contributed by atoms with Gasteiger partial charge in [0.05, 0.1) is 5.69 Å². The van der Waals surface area contributed by atoms with Crippen molar-refractivity contribution in [3.8, 4) is 0 Å². The number of hydrogen-bond acceptors (Lipinski definition) is 2. The molecule has 0 atom stereocenters. The van der Waals surface area contributed by atoms with Crippen molar-refractivity contribution in [3.63, 3.8) is 0 Å². The van der Waals surface area contributed by atoms with Gasteiger partial charge in [0, 0.05) is 24.5 Å². The third-order valence-electron chi connectivity index (χ3n) is 3.70. The minimum atomic E-state index is 0.664. The molecule has 0 amide bonds. The van der Waals surface area contributed by atoms with Crippen LogP contribution in [0.25, 0.3) is 0 Å². The van der Waals surface area contributed by atoms with Gasteiger partial charge in [0.25, 0.3) is 0 Å². The van der Waals surface area contributed by atoms with Crippen molar-refractivity contribution in [1.82, 2.24) is 15.1 Å². The molecule has 0 aliphatic heterocycles. The molecule has 2 aromatic rings. The van der Waals surface area contributed by atoms with Crippen LogP contribution in [0.1, 0.15) is 28.9 Å². The van der Waals surface area contributed by atoms with E-state index in [1.165, 1.54) is 16.8 Å². The molecule has 1 aromatic heterocycles. The Bertz CT molecular complexity index is 661. The molecule has 118 valence electrons. The Morgan fingerprint density at radius 1 is 1.14 bits per heavy atom. The fourth-order valence-electron chi connectivity index (χ4n) is 2.33. The molecule has 0 unspecified atom stereocenters. The van der Waals surface area contributed by atoms with Crippen LogP contribution in [0.3, 0.4) is 0 Å². The van der Waals surface area contributed by atoms with Gasteiger partial charge in [0.15, 0.2) is 5.11 Å². The molecule has 0 aliphatic carbocycles. The van der Waals surface area contributed by atoms with Gasteiger partial charge in [0.2, 0.25) is 0 Å². The van der Waals surface area contributed by atoms with Crippen LogP contribution in [-0.2, 0) is 6.54 Å². The highest BCUT2D eigenvalue weighted by molar-refractivity contribution is 7.80. The van der Waals surface area contributed by atoms with Gasteiger partial charge in [-0.3, -0.25) is 4.68 Å². The van der Waals surface area contributed by atoms with E-state index in [0.29, 0.717) is 5.11 Å². The zero-order valence-corrected chi connectivity index (χ0v) is 14.5. The highest BCUT2D eigenvalue weighted by Gasteiger charge is 2.02. The first-order chi connectivity index (χ1) is 10.5. The van der Waals surface area contributed by atoms with Crippen molar-refractivity contribution in [2.75, 3.05) is 11.9 Å². The van der Waals surface area contributed by atoms with Crippen LogP contribution in [-0.4, -0.2) is 21.4 Å². The van der Waals surface area contributed by atoms with Crippen molar-refractivity contribution >= 4 is 23.0 Å². The molecule has 0 bridgehead atoms. The van der Waals surface area contributed by atoms with E-state index in [1.54, 1.807) is 0 Å². The number of thiocarbonyl (C=S) groups is 1. The molecule has 5 heteroatoms. The molecule has 1 heterocycles. The van der Waals surface area contributed by atoms with Gasteiger partial charge in [-0.05, 0) is 75.7 Å². The van der Waals surface area contributed by atoms with Gasteiger partial charge >= 0.3 is 0 Å². The lowest BCUT2D eigenvalue weighted by Gasteiger charge is -2.12.